The Morgan fingerprint density at radius 3 is 2.64 bits per heavy atom. The molecule has 0 aliphatic carbocycles. The Morgan fingerprint density at radius 1 is 1.40 bits per heavy atom. The first-order chi connectivity index (χ1) is 11.5. The highest BCUT2D eigenvalue weighted by molar-refractivity contribution is 7.98. The summed E-state index contributed by atoms with van der Waals surface area (Å²) >= 11 is 1.60. The molecule has 1 aliphatic rings. The van der Waals surface area contributed by atoms with E-state index in [1.54, 1.807) is 41.9 Å². The molecule has 2 N–H and O–H groups in total. The van der Waals surface area contributed by atoms with E-state index in [0.29, 0.717) is 12.2 Å². The predicted molar refractivity (Wildman–Crippen MR) is 105 cm³/mol. The van der Waals surface area contributed by atoms with Crippen LogP contribution in [0.25, 0.3) is 0 Å². The first-order valence-corrected chi connectivity index (χ1v) is 10.9. The lowest BCUT2D eigenvalue weighted by Gasteiger charge is -2.28. The molecule has 0 bridgehead atoms. The molecular weight excluding hydrogens is 382 g/mol. The second kappa shape index (κ2) is 10.4. The molecule has 142 valence electrons. The third kappa shape index (κ3) is 6.14. The van der Waals surface area contributed by atoms with Gasteiger partial charge in [-0.2, -0.15) is 16.5 Å². The molecule has 25 heavy (non-hydrogen) atoms. The molecule has 1 heterocycles. The summed E-state index contributed by atoms with van der Waals surface area (Å²) in [6, 6.07) is 7.54. The van der Waals surface area contributed by atoms with Gasteiger partial charge in [0.15, 0.2) is 0 Å². The number of hydrogen-bond acceptors (Lipinski definition) is 5. The van der Waals surface area contributed by atoms with Gasteiger partial charge in [-0.25, -0.2) is 8.42 Å². The SMILES string of the molecule is CSCCC(NS(=O)(=O)c1ccccc1)C(=O)N(C)C1CCNC1.Cl. The van der Waals surface area contributed by atoms with Gasteiger partial charge in [0.2, 0.25) is 15.9 Å². The summed E-state index contributed by atoms with van der Waals surface area (Å²) in [5, 5.41) is 3.23. The van der Waals surface area contributed by atoms with Crippen LogP contribution in [0.5, 0.6) is 0 Å². The van der Waals surface area contributed by atoms with Crippen molar-refractivity contribution in [3.05, 3.63) is 30.3 Å². The van der Waals surface area contributed by atoms with Crippen LogP contribution in [-0.2, 0) is 14.8 Å². The highest BCUT2D eigenvalue weighted by atomic mass is 35.5. The van der Waals surface area contributed by atoms with Gasteiger partial charge in [0.25, 0.3) is 0 Å². The number of hydrogen-bond donors (Lipinski definition) is 2. The van der Waals surface area contributed by atoms with Crippen molar-refractivity contribution in [2.24, 2.45) is 0 Å². The van der Waals surface area contributed by atoms with Gasteiger partial charge in [-0.05, 0) is 43.5 Å². The Labute approximate surface area is 160 Å². The number of benzene rings is 1. The van der Waals surface area contributed by atoms with Crippen molar-refractivity contribution in [2.75, 3.05) is 32.1 Å². The molecular formula is C16H26ClN3O3S2. The number of likely N-dealkylation sites (N-methyl/N-ethyl adjacent to an activating group) is 1. The Hall–Kier alpha value is -0.800. The Bertz CT molecular complexity index is 637. The summed E-state index contributed by atoms with van der Waals surface area (Å²) in [4.78, 5) is 14.7. The van der Waals surface area contributed by atoms with E-state index in [0.717, 1.165) is 19.5 Å². The topological polar surface area (TPSA) is 78.5 Å². The maximum Gasteiger partial charge on any atom is 0.241 e. The van der Waals surface area contributed by atoms with Gasteiger partial charge in [0, 0.05) is 19.6 Å². The van der Waals surface area contributed by atoms with E-state index in [4.69, 9.17) is 0 Å². The lowest BCUT2D eigenvalue weighted by molar-refractivity contribution is -0.133. The van der Waals surface area contributed by atoms with Gasteiger partial charge < -0.3 is 10.2 Å². The largest absolute Gasteiger partial charge is 0.340 e. The van der Waals surface area contributed by atoms with Gasteiger partial charge >= 0.3 is 0 Å². The van der Waals surface area contributed by atoms with E-state index < -0.39 is 16.1 Å². The smallest absolute Gasteiger partial charge is 0.241 e. The van der Waals surface area contributed by atoms with Gasteiger partial charge in [-0.15, -0.1) is 12.4 Å². The van der Waals surface area contributed by atoms with Gasteiger partial charge in [0.1, 0.15) is 6.04 Å². The minimum Gasteiger partial charge on any atom is -0.340 e. The zero-order valence-corrected chi connectivity index (χ0v) is 16.9. The van der Waals surface area contributed by atoms with Gasteiger partial charge in [-0.3, -0.25) is 4.79 Å². The molecule has 1 saturated heterocycles. The molecule has 2 atom stereocenters. The van der Waals surface area contributed by atoms with Crippen molar-refractivity contribution >= 4 is 40.1 Å². The maximum absolute atomic E-state index is 12.8. The molecule has 0 aromatic heterocycles. The highest BCUT2D eigenvalue weighted by Crippen LogP contribution is 2.14. The highest BCUT2D eigenvalue weighted by Gasteiger charge is 2.31. The Morgan fingerprint density at radius 2 is 2.08 bits per heavy atom. The maximum atomic E-state index is 12.8. The van der Waals surface area contributed by atoms with Crippen LogP contribution in [0.15, 0.2) is 35.2 Å². The average Bonchev–Trinajstić information content (AvgIpc) is 3.12. The molecule has 6 nitrogen and oxygen atoms in total. The Kier molecular flexibility index (Phi) is 9.23. The number of sulfonamides is 1. The monoisotopic (exact) mass is 407 g/mol. The molecule has 0 radical (unpaired) electrons. The van der Waals surface area contributed by atoms with Gasteiger partial charge in [0.05, 0.1) is 4.90 Å². The van der Waals surface area contributed by atoms with Crippen LogP contribution in [-0.4, -0.2) is 63.5 Å². The third-order valence-electron chi connectivity index (χ3n) is 4.19. The molecule has 1 amide bonds. The van der Waals surface area contributed by atoms with E-state index in [2.05, 4.69) is 10.0 Å². The minimum atomic E-state index is -3.71. The van der Waals surface area contributed by atoms with Crippen molar-refractivity contribution in [1.29, 1.82) is 0 Å². The molecule has 0 spiro atoms. The van der Waals surface area contributed by atoms with Crippen molar-refractivity contribution in [3.8, 4) is 0 Å². The summed E-state index contributed by atoms with van der Waals surface area (Å²) < 4.78 is 27.7. The molecule has 1 aromatic carbocycles. The fraction of sp³-hybridized carbons (Fsp3) is 0.562. The number of carbonyl (C=O) groups is 1. The van der Waals surface area contributed by atoms with Crippen molar-refractivity contribution in [2.45, 2.75) is 29.8 Å². The molecule has 9 heteroatoms. The second-order valence-electron chi connectivity index (χ2n) is 5.86. The summed E-state index contributed by atoms with van der Waals surface area (Å²) in [6.45, 7) is 1.64. The number of carbonyl (C=O) groups excluding carboxylic acids is 1. The van der Waals surface area contributed by atoms with Crippen molar-refractivity contribution in [3.63, 3.8) is 0 Å². The summed E-state index contributed by atoms with van der Waals surface area (Å²) in [5.74, 6) is 0.544. The van der Waals surface area contributed by atoms with Gasteiger partial charge in [-0.1, -0.05) is 18.2 Å². The second-order valence-corrected chi connectivity index (χ2v) is 8.56. The number of nitrogens with one attached hydrogen (secondary N) is 2. The van der Waals surface area contributed by atoms with E-state index >= 15 is 0 Å². The Balaban J connectivity index is 0.00000312. The van der Waals surface area contributed by atoms with Crippen LogP contribution in [0.1, 0.15) is 12.8 Å². The summed E-state index contributed by atoms with van der Waals surface area (Å²) in [5.41, 5.74) is 0. The number of thioether (sulfide) groups is 1. The van der Waals surface area contributed by atoms with E-state index in [9.17, 15) is 13.2 Å². The van der Waals surface area contributed by atoms with Crippen LogP contribution in [0.2, 0.25) is 0 Å². The van der Waals surface area contributed by atoms with Crippen molar-refractivity contribution in [1.82, 2.24) is 14.9 Å². The van der Waals surface area contributed by atoms with Crippen LogP contribution in [0, 0.1) is 0 Å². The molecule has 1 aliphatic heterocycles. The number of amides is 1. The first-order valence-electron chi connectivity index (χ1n) is 7.99. The predicted octanol–water partition coefficient (Wildman–Crippen LogP) is 1.33. The third-order valence-corrected chi connectivity index (χ3v) is 6.32. The summed E-state index contributed by atoms with van der Waals surface area (Å²) in [6.07, 6.45) is 3.30. The van der Waals surface area contributed by atoms with E-state index in [-0.39, 0.29) is 29.3 Å². The molecule has 0 saturated carbocycles. The summed E-state index contributed by atoms with van der Waals surface area (Å²) in [7, 11) is -1.96. The number of rotatable bonds is 8. The molecule has 1 fully saturated rings. The number of halogens is 1. The zero-order chi connectivity index (χ0) is 17.6. The first kappa shape index (κ1) is 22.2. The zero-order valence-electron chi connectivity index (χ0n) is 14.5. The van der Waals surface area contributed by atoms with E-state index in [1.807, 2.05) is 6.26 Å². The average molecular weight is 408 g/mol. The standard InChI is InChI=1S/C16H25N3O3S2.ClH/c1-19(13-8-10-17-12-13)16(20)15(9-11-23-2)18-24(21,22)14-6-4-3-5-7-14;/h3-7,13,15,17-18H,8-12H2,1-2H3;1H. The quantitative estimate of drug-likeness (QED) is 0.679. The molecule has 2 unspecified atom stereocenters. The van der Waals surface area contributed by atoms with E-state index in [1.165, 1.54) is 12.1 Å². The fourth-order valence-corrected chi connectivity index (χ4v) is 4.44. The minimum absolute atomic E-state index is 0. The van der Waals surface area contributed by atoms with Crippen LogP contribution >= 0.6 is 24.2 Å². The van der Waals surface area contributed by atoms with Crippen LogP contribution in [0.4, 0.5) is 0 Å². The van der Waals surface area contributed by atoms with Crippen LogP contribution < -0.4 is 10.0 Å². The number of nitrogens with zero attached hydrogens (tertiary/aromatic N) is 1. The molecule has 2 rings (SSSR count). The lowest BCUT2D eigenvalue weighted by atomic mass is 10.1. The lowest BCUT2D eigenvalue weighted by Crippen LogP contribution is -2.51. The van der Waals surface area contributed by atoms with Crippen LogP contribution in [0.3, 0.4) is 0 Å². The fourth-order valence-electron chi connectivity index (χ4n) is 2.72. The van der Waals surface area contributed by atoms with Crippen molar-refractivity contribution < 1.29 is 13.2 Å². The normalized spacial score (nSPS) is 18.4. The molecule has 1 aromatic rings.